The summed E-state index contributed by atoms with van der Waals surface area (Å²) >= 11 is 3.32. The Morgan fingerprint density at radius 2 is 2.00 bits per heavy atom. The lowest BCUT2D eigenvalue weighted by Crippen LogP contribution is -2.44. The fourth-order valence-corrected chi connectivity index (χ4v) is 3.32. The van der Waals surface area contributed by atoms with Crippen molar-refractivity contribution in [3.8, 4) is 0 Å². The molecule has 1 N–H and O–H groups in total. The van der Waals surface area contributed by atoms with Crippen molar-refractivity contribution in [3.05, 3.63) is 58.2 Å². The Morgan fingerprint density at radius 3 is 2.69 bits per heavy atom. The molecule has 1 fully saturated rings. The monoisotopic (exact) mass is 415 g/mol. The maximum atomic E-state index is 12.6. The van der Waals surface area contributed by atoms with Crippen LogP contribution in [0.5, 0.6) is 0 Å². The maximum Gasteiger partial charge on any atom is 0.230 e. The molecule has 1 atom stereocenters. The molecule has 0 spiro atoms. The van der Waals surface area contributed by atoms with Crippen molar-refractivity contribution >= 4 is 33.6 Å². The van der Waals surface area contributed by atoms with Gasteiger partial charge in [-0.2, -0.15) is 0 Å². The number of aromatic nitrogens is 1. The van der Waals surface area contributed by atoms with Gasteiger partial charge in [0.05, 0.1) is 12.3 Å². The molecule has 2 aromatic rings. The van der Waals surface area contributed by atoms with E-state index in [0.29, 0.717) is 25.3 Å². The summed E-state index contributed by atoms with van der Waals surface area (Å²) in [5.74, 6) is 0.332. The van der Waals surface area contributed by atoms with Crippen molar-refractivity contribution in [2.24, 2.45) is 5.92 Å². The minimum absolute atomic E-state index is 0.0762. The lowest BCUT2D eigenvalue weighted by atomic mass is 9.96. The number of amides is 2. The number of rotatable bonds is 4. The summed E-state index contributed by atoms with van der Waals surface area (Å²) in [6.45, 7) is 3.21. The quantitative estimate of drug-likeness (QED) is 0.829. The first kappa shape index (κ1) is 18.6. The largest absolute Gasteiger partial charge is 0.342 e. The van der Waals surface area contributed by atoms with Gasteiger partial charge in [-0.05, 0) is 53.4 Å². The Hall–Kier alpha value is -2.21. The summed E-state index contributed by atoms with van der Waals surface area (Å²) in [6, 6.07) is 11.6. The summed E-state index contributed by atoms with van der Waals surface area (Å²) in [4.78, 5) is 31.1. The molecule has 1 saturated heterocycles. The van der Waals surface area contributed by atoms with Gasteiger partial charge < -0.3 is 10.2 Å². The fraction of sp³-hybridized carbons (Fsp3) is 0.350. The number of pyridine rings is 1. The van der Waals surface area contributed by atoms with Crippen LogP contribution in [0.1, 0.15) is 24.0 Å². The summed E-state index contributed by atoms with van der Waals surface area (Å²) < 4.78 is 0.862. The number of nitrogens with one attached hydrogen (secondary N) is 1. The summed E-state index contributed by atoms with van der Waals surface area (Å²) in [5, 5.41) is 2.85. The fourth-order valence-electron chi connectivity index (χ4n) is 3.09. The highest BCUT2D eigenvalue weighted by atomic mass is 79.9. The molecule has 6 heteroatoms. The highest BCUT2D eigenvalue weighted by Gasteiger charge is 2.28. The Kier molecular flexibility index (Phi) is 6.04. The number of halogens is 1. The van der Waals surface area contributed by atoms with Crippen LogP contribution >= 0.6 is 15.9 Å². The van der Waals surface area contributed by atoms with Crippen LogP contribution in [0.2, 0.25) is 0 Å². The lowest BCUT2D eigenvalue weighted by Gasteiger charge is -2.32. The van der Waals surface area contributed by atoms with Gasteiger partial charge in [-0.25, -0.2) is 4.98 Å². The van der Waals surface area contributed by atoms with Crippen LogP contribution < -0.4 is 5.32 Å². The van der Waals surface area contributed by atoms with E-state index in [9.17, 15) is 9.59 Å². The van der Waals surface area contributed by atoms with E-state index in [1.54, 1.807) is 12.3 Å². The highest BCUT2D eigenvalue weighted by Crippen LogP contribution is 2.20. The third-order valence-corrected chi connectivity index (χ3v) is 5.07. The van der Waals surface area contributed by atoms with E-state index in [1.165, 1.54) is 5.56 Å². The van der Waals surface area contributed by atoms with Crippen LogP contribution in [-0.2, 0) is 16.0 Å². The molecular formula is C20H22BrN3O2. The second kappa shape index (κ2) is 8.45. The van der Waals surface area contributed by atoms with Crippen molar-refractivity contribution in [2.75, 3.05) is 18.4 Å². The first-order chi connectivity index (χ1) is 12.5. The number of hydrogen-bond acceptors (Lipinski definition) is 3. The Balaban J connectivity index is 1.57. The smallest absolute Gasteiger partial charge is 0.230 e. The van der Waals surface area contributed by atoms with Crippen molar-refractivity contribution in [1.82, 2.24) is 9.88 Å². The molecular weight excluding hydrogens is 394 g/mol. The predicted molar refractivity (Wildman–Crippen MR) is 105 cm³/mol. The molecule has 1 unspecified atom stereocenters. The zero-order chi connectivity index (χ0) is 18.5. The van der Waals surface area contributed by atoms with Crippen LogP contribution in [0, 0.1) is 12.8 Å². The highest BCUT2D eigenvalue weighted by molar-refractivity contribution is 9.10. The molecule has 0 aliphatic carbocycles. The van der Waals surface area contributed by atoms with Gasteiger partial charge in [0, 0.05) is 23.8 Å². The first-order valence-electron chi connectivity index (χ1n) is 8.77. The summed E-state index contributed by atoms with van der Waals surface area (Å²) in [7, 11) is 0. The number of piperidine rings is 1. The van der Waals surface area contributed by atoms with Crippen molar-refractivity contribution in [3.63, 3.8) is 0 Å². The van der Waals surface area contributed by atoms with Gasteiger partial charge in [0.2, 0.25) is 11.8 Å². The zero-order valence-electron chi connectivity index (χ0n) is 14.7. The van der Waals surface area contributed by atoms with Gasteiger partial charge in [-0.3, -0.25) is 9.59 Å². The molecule has 5 nitrogen and oxygen atoms in total. The number of hydrogen-bond donors (Lipinski definition) is 1. The number of carbonyl (C=O) groups is 2. The molecule has 0 saturated carbocycles. The number of anilines is 1. The average Bonchev–Trinajstić information content (AvgIpc) is 2.65. The van der Waals surface area contributed by atoms with Crippen LogP contribution in [-0.4, -0.2) is 34.8 Å². The molecule has 2 heterocycles. The molecule has 1 aromatic heterocycles. The average molecular weight is 416 g/mol. The predicted octanol–water partition coefficient (Wildman–Crippen LogP) is 3.57. The van der Waals surface area contributed by atoms with Gasteiger partial charge in [0.1, 0.15) is 5.82 Å². The van der Waals surface area contributed by atoms with Crippen LogP contribution in [0.4, 0.5) is 5.82 Å². The minimum atomic E-state index is -0.198. The van der Waals surface area contributed by atoms with E-state index < -0.39 is 0 Å². The van der Waals surface area contributed by atoms with Gasteiger partial charge in [-0.1, -0.05) is 29.8 Å². The number of nitrogens with zero attached hydrogens (tertiary/aromatic N) is 2. The van der Waals surface area contributed by atoms with E-state index in [-0.39, 0.29) is 17.7 Å². The van der Waals surface area contributed by atoms with Crippen molar-refractivity contribution < 1.29 is 9.59 Å². The maximum absolute atomic E-state index is 12.6. The van der Waals surface area contributed by atoms with Gasteiger partial charge in [0.25, 0.3) is 0 Å². The normalized spacial score (nSPS) is 17.0. The zero-order valence-corrected chi connectivity index (χ0v) is 16.3. The molecule has 136 valence electrons. The van der Waals surface area contributed by atoms with E-state index in [0.717, 1.165) is 22.9 Å². The number of aryl methyl sites for hydroxylation is 1. The molecule has 1 aliphatic heterocycles. The molecule has 0 bridgehead atoms. The van der Waals surface area contributed by atoms with Gasteiger partial charge in [0.15, 0.2) is 0 Å². The lowest BCUT2D eigenvalue weighted by molar-refractivity contribution is -0.133. The second-order valence-corrected chi connectivity index (χ2v) is 7.61. The standard InChI is InChI=1S/C20H22BrN3O2/c1-14-4-6-15(7-5-14)11-19(25)24-10-2-3-16(13-24)20(26)23-18-9-8-17(21)12-22-18/h4-9,12,16H,2-3,10-11,13H2,1H3,(H,22,23,26). The first-order valence-corrected chi connectivity index (χ1v) is 9.56. The van der Waals surface area contributed by atoms with E-state index in [2.05, 4.69) is 26.2 Å². The van der Waals surface area contributed by atoms with Crippen molar-refractivity contribution in [2.45, 2.75) is 26.2 Å². The number of carbonyl (C=O) groups excluding carboxylic acids is 2. The molecule has 1 aliphatic rings. The number of benzene rings is 1. The molecule has 26 heavy (non-hydrogen) atoms. The molecule has 0 radical (unpaired) electrons. The topological polar surface area (TPSA) is 62.3 Å². The van der Waals surface area contributed by atoms with E-state index >= 15 is 0 Å². The van der Waals surface area contributed by atoms with Crippen molar-refractivity contribution in [1.29, 1.82) is 0 Å². The number of likely N-dealkylation sites (tertiary alicyclic amines) is 1. The summed E-state index contributed by atoms with van der Waals surface area (Å²) in [5.41, 5.74) is 2.18. The van der Waals surface area contributed by atoms with Gasteiger partial charge in [-0.15, -0.1) is 0 Å². The Labute approximate surface area is 161 Å². The van der Waals surface area contributed by atoms with E-state index in [4.69, 9.17) is 0 Å². The Morgan fingerprint density at radius 1 is 1.23 bits per heavy atom. The summed E-state index contributed by atoms with van der Waals surface area (Å²) in [6.07, 6.45) is 3.65. The second-order valence-electron chi connectivity index (χ2n) is 6.69. The van der Waals surface area contributed by atoms with Crippen LogP contribution in [0.3, 0.4) is 0 Å². The third kappa shape index (κ3) is 4.91. The Bertz CT molecular complexity index is 709. The molecule has 1 aromatic carbocycles. The molecule has 3 rings (SSSR count). The third-order valence-electron chi connectivity index (χ3n) is 4.60. The molecule has 2 amide bonds. The SMILES string of the molecule is Cc1ccc(CC(=O)N2CCCC(C(=O)Nc3ccc(Br)cn3)C2)cc1. The van der Waals surface area contributed by atoms with Gasteiger partial charge >= 0.3 is 0 Å². The minimum Gasteiger partial charge on any atom is -0.342 e. The van der Waals surface area contributed by atoms with Crippen LogP contribution in [0.15, 0.2) is 47.1 Å². The van der Waals surface area contributed by atoms with E-state index in [1.807, 2.05) is 42.2 Å². The van der Waals surface area contributed by atoms with Crippen LogP contribution in [0.25, 0.3) is 0 Å².